The summed E-state index contributed by atoms with van der Waals surface area (Å²) >= 11 is 8.64. The monoisotopic (exact) mass is 314 g/mol. The second kappa shape index (κ2) is 6.18. The molecule has 0 saturated heterocycles. The van der Waals surface area contributed by atoms with Crippen molar-refractivity contribution in [2.45, 2.75) is 6.92 Å². The third-order valence-electron chi connectivity index (χ3n) is 2.31. The number of halogens is 1. The minimum absolute atomic E-state index is 0.371. The molecule has 0 aliphatic heterocycles. The van der Waals surface area contributed by atoms with Gasteiger partial charge in [-0.25, -0.2) is 4.79 Å². The predicted octanol–water partition coefficient (Wildman–Crippen LogP) is 4.09. The maximum atomic E-state index is 11.5. The van der Waals surface area contributed by atoms with E-state index in [1.54, 1.807) is 11.4 Å². The van der Waals surface area contributed by atoms with Crippen molar-refractivity contribution in [2.24, 2.45) is 5.10 Å². The summed E-state index contributed by atoms with van der Waals surface area (Å²) in [5.74, 6) is -0.371. The molecule has 2 heterocycles. The molecule has 1 N–H and O–H groups in total. The quantitative estimate of drug-likeness (QED) is 0.525. The summed E-state index contributed by atoms with van der Waals surface area (Å²) in [5, 5.41) is 6.05. The van der Waals surface area contributed by atoms with Crippen LogP contribution in [0.25, 0.3) is 0 Å². The number of carbonyl (C=O) groups is 1. The summed E-state index contributed by atoms with van der Waals surface area (Å²) in [5.41, 5.74) is 4.32. The van der Waals surface area contributed by atoms with Crippen molar-refractivity contribution in [1.29, 1.82) is 0 Å². The first-order valence-electron chi connectivity index (χ1n) is 5.33. The van der Waals surface area contributed by atoms with Gasteiger partial charge in [-0.2, -0.15) is 5.10 Å². The predicted molar refractivity (Wildman–Crippen MR) is 80.8 cm³/mol. The average Bonchev–Trinajstić information content (AvgIpc) is 3.03. The largest absolute Gasteiger partial charge is 0.465 e. The Morgan fingerprint density at radius 1 is 1.42 bits per heavy atom. The zero-order chi connectivity index (χ0) is 13.8. The highest BCUT2D eigenvalue weighted by Crippen LogP contribution is 2.24. The molecule has 2 rings (SSSR count). The third-order valence-corrected chi connectivity index (χ3v) is 4.54. The van der Waals surface area contributed by atoms with E-state index in [9.17, 15) is 4.79 Å². The maximum absolute atomic E-state index is 11.5. The Hall–Kier alpha value is -1.37. The fourth-order valence-electron chi connectivity index (χ4n) is 1.36. The van der Waals surface area contributed by atoms with Crippen molar-refractivity contribution >= 4 is 51.6 Å². The van der Waals surface area contributed by atoms with Crippen molar-refractivity contribution in [3.63, 3.8) is 0 Å². The number of hydrogen-bond donors (Lipinski definition) is 1. The maximum Gasteiger partial charge on any atom is 0.350 e. The van der Waals surface area contributed by atoms with E-state index in [1.807, 2.05) is 19.1 Å². The molecule has 0 bridgehead atoms. The summed E-state index contributed by atoms with van der Waals surface area (Å²) in [6, 6.07) is 5.52. The molecule has 0 unspecified atom stereocenters. The minimum atomic E-state index is -0.371. The molecule has 0 fully saturated rings. The zero-order valence-electron chi connectivity index (χ0n) is 10.3. The van der Waals surface area contributed by atoms with Gasteiger partial charge in [-0.05, 0) is 30.5 Å². The second-order valence-electron chi connectivity index (χ2n) is 3.57. The SMILES string of the molecule is COC(=O)c1sccc1N/N=C(/C)c1ccc(Cl)s1. The van der Waals surface area contributed by atoms with Crippen LogP contribution in [0.3, 0.4) is 0 Å². The van der Waals surface area contributed by atoms with Gasteiger partial charge in [-0.1, -0.05) is 11.6 Å². The number of carbonyl (C=O) groups excluding carboxylic acids is 1. The summed E-state index contributed by atoms with van der Waals surface area (Å²) in [4.78, 5) is 13.0. The van der Waals surface area contributed by atoms with Crippen LogP contribution in [0.15, 0.2) is 28.7 Å². The number of thiophene rings is 2. The lowest BCUT2D eigenvalue weighted by Gasteiger charge is -2.02. The van der Waals surface area contributed by atoms with Gasteiger partial charge in [0, 0.05) is 0 Å². The van der Waals surface area contributed by atoms with E-state index in [0.29, 0.717) is 10.6 Å². The number of rotatable bonds is 4. The zero-order valence-corrected chi connectivity index (χ0v) is 12.7. The van der Waals surface area contributed by atoms with E-state index < -0.39 is 0 Å². The van der Waals surface area contributed by atoms with Gasteiger partial charge in [0.2, 0.25) is 0 Å². The molecule has 2 aromatic heterocycles. The molecule has 0 aliphatic carbocycles. The first-order chi connectivity index (χ1) is 9.11. The van der Waals surface area contributed by atoms with Gasteiger partial charge in [-0.15, -0.1) is 22.7 Å². The van der Waals surface area contributed by atoms with E-state index in [4.69, 9.17) is 16.3 Å². The highest BCUT2D eigenvalue weighted by molar-refractivity contribution is 7.18. The van der Waals surface area contributed by atoms with Crippen molar-refractivity contribution in [2.75, 3.05) is 12.5 Å². The topological polar surface area (TPSA) is 50.7 Å². The van der Waals surface area contributed by atoms with Gasteiger partial charge in [0.25, 0.3) is 0 Å². The number of methoxy groups -OCH3 is 1. The van der Waals surface area contributed by atoms with Crippen LogP contribution in [0.1, 0.15) is 21.5 Å². The molecule has 100 valence electrons. The summed E-state index contributed by atoms with van der Waals surface area (Å²) in [7, 11) is 1.36. The molecule has 7 heteroatoms. The molecule has 19 heavy (non-hydrogen) atoms. The smallest absolute Gasteiger partial charge is 0.350 e. The highest BCUT2D eigenvalue weighted by atomic mass is 35.5. The number of anilines is 1. The van der Waals surface area contributed by atoms with Gasteiger partial charge in [-0.3, -0.25) is 5.43 Å². The first-order valence-corrected chi connectivity index (χ1v) is 7.41. The van der Waals surface area contributed by atoms with Crippen LogP contribution in [0.5, 0.6) is 0 Å². The van der Waals surface area contributed by atoms with Crippen molar-refractivity contribution < 1.29 is 9.53 Å². The fraction of sp³-hybridized carbons (Fsp3) is 0.167. The van der Waals surface area contributed by atoms with E-state index >= 15 is 0 Å². The molecule has 0 amide bonds. The third kappa shape index (κ3) is 3.34. The molecular formula is C12H11ClN2O2S2. The van der Waals surface area contributed by atoms with Crippen LogP contribution in [-0.2, 0) is 4.74 Å². The molecule has 4 nitrogen and oxygen atoms in total. The molecular weight excluding hydrogens is 304 g/mol. The Kier molecular flexibility index (Phi) is 4.57. The molecule has 0 aliphatic rings. The van der Waals surface area contributed by atoms with Crippen LogP contribution >= 0.6 is 34.3 Å². The van der Waals surface area contributed by atoms with Gasteiger partial charge >= 0.3 is 5.97 Å². The Balaban J connectivity index is 2.14. The number of esters is 1. The van der Waals surface area contributed by atoms with Crippen molar-refractivity contribution in [3.8, 4) is 0 Å². The molecule has 0 atom stereocenters. The number of nitrogens with zero attached hydrogens (tertiary/aromatic N) is 1. The fourth-order valence-corrected chi connectivity index (χ4v) is 3.10. The summed E-state index contributed by atoms with van der Waals surface area (Å²) in [6.07, 6.45) is 0. The van der Waals surface area contributed by atoms with Crippen LogP contribution in [0.2, 0.25) is 4.34 Å². The Morgan fingerprint density at radius 2 is 2.21 bits per heavy atom. The standard InChI is InChI=1S/C12H11ClN2O2S2/c1-7(9-3-4-10(13)19-9)14-15-8-5-6-18-11(8)12(16)17-2/h3-6,15H,1-2H3/b14-7-. The van der Waals surface area contributed by atoms with E-state index in [1.165, 1.54) is 29.8 Å². The molecule has 0 spiro atoms. The lowest BCUT2D eigenvalue weighted by Crippen LogP contribution is -2.03. The molecule has 0 aromatic carbocycles. The van der Waals surface area contributed by atoms with Crippen molar-refractivity contribution in [1.82, 2.24) is 0 Å². The van der Waals surface area contributed by atoms with Crippen LogP contribution < -0.4 is 5.43 Å². The van der Waals surface area contributed by atoms with E-state index in [-0.39, 0.29) is 5.97 Å². The molecule has 0 saturated carbocycles. The van der Waals surface area contributed by atoms with Gasteiger partial charge in [0.1, 0.15) is 4.88 Å². The lowest BCUT2D eigenvalue weighted by molar-refractivity contribution is 0.0607. The van der Waals surface area contributed by atoms with Crippen LogP contribution in [-0.4, -0.2) is 18.8 Å². The number of ether oxygens (including phenoxy) is 1. The molecule has 0 radical (unpaired) electrons. The summed E-state index contributed by atoms with van der Waals surface area (Å²) < 4.78 is 5.42. The lowest BCUT2D eigenvalue weighted by atomic mass is 10.3. The number of hydrazone groups is 1. The first kappa shape index (κ1) is 14.0. The number of hydrogen-bond acceptors (Lipinski definition) is 6. The average molecular weight is 315 g/mol. The van der Waals surface area contributed by atoms with E-state index in [2.05, 4.69) is 10.5 Å². The van der Waals surface area contributed by atoms with Crippen LogP contribution in [0, 0.1) is 0 Å². The van der Waals surface area contributed by atoms with Gasteiger partial charge < -0.3 is 4.74 Å². The highest BCUT2D eigenvalue weighted by Gasteiger charge is 2.13. The Labute approximate surface area is 123 Å². The van der Waals surface area contributed by atoms with Gasteiger partial charge in [0.05, 0.1) is 27.7 Å². The minimum Gasteiger partial charge on any atom is -0.465 e. The summed E-state index contributed by atoms with van der Waals surface area (Å²) in [6.45, 7) is 1.87. The Bertz CT molecular complexity index is 619. The second-order valence-corrected chi connectivity index (χ2v) is 6.20. The molecule has 2 aromatic rings. The normalized spacial score (nSPS) is 11.4. The van der Waals surface area contributed by atoms with Crippen LogP contribution in [0.4, 0.5) is 5.69 Å². The van der Waals surface area contributed by atoms with E-state index in [0.717, 1.165) is 14.9 Å². The number of nitrogens with one attached hydrogen (secondary N) is 1. The Morgan fingerprint density at radius 3 is 2.84 bits per heavy atom. The van der Waals surface area contributed by atoms with Gasteiger partial charge in [0.15, 0.2) is 0 Å². The van der Waals surface area contributed by atoms with Crippen molar-refractivity contribution in [3.05, 3.63) is 37.7 Å².